The third-order valence-electron chi connectivity index (χ3n) is 11.4. The van der Waals surface area contributed by atoms with E-state index in [1.807, 2.05) is 36.0 Å². The smallest absolute Gasteiger partial charge is 0.164 e. The monoisotopic (exact) mass is 751 g/mol. The highest BCUT2D eigenvalue weighted by atomic mass is 32.2. The van der Waals surface area contributed by atoms with Crippen LogP contribution >= 0.6 is 11.8 Å². The molecule has 8 aromatic carbocycles. The fourth-order valence-corrected chi connectivity index (χ4v) is 9.78. The summed E-state index contributed by atoms with van der Waals surface area (Å²) in [7, 11) is 0. The van der Waals surface area contributed by atoms with Gasteiger partial charge in [-0.2, -0.15) is 0 Å². The zero-order valence-corrected chi connectivity index (χ0v) is 33.1. The first-order valence-electron chi connectivity index (χ1n) is 19.8. The van der Waals surface area contributed by atoms with Crippen LogP contribution < -0.4 is 0 Å². The molecule has 1 aromatic heterocycles. The highest BCUT2D eigenvalue weighted by molar-refractivity contribution is 8.03. The molecule has 0 amide bonds. The first-order valence-corrected chi connectivity index (χ1v) is 20.7. The van der Waals surface area contributed by atoms with E-state index in [-0.39, 0.29) is 5.41 Å². The van der Waals surface area contributed by atoms with Gasteiger partial charge in [0.2, 0.25) is 0 Å². The van der Waals surface area contributed by atoms with Crippen LogP contribution in [0.1, 0.15) is 39.2 Å². The highest BCUT2D eigenvalue weighted by Crippen LogP contribution is 2.53. The number of allylic oxidation sites excluding steroid dienone is 2. The Labute approximate surface area is 338 Å². The van der Waals surface area contributed by atoms with Crippen molar-refractivity contribution in [2.24, 2.45) is 0 Å². The molecule has 0 saturated heterocycles. The molecule has 0 aliphatic carbocycles. The Morgan fingerprint density at radius 1 is 0.474 bits per heavy atom. The van der Waals surface area contributed by atoms with Gasteiger partial charge in [0.05, 0.1) is 0 Å². The molecule has 0 N–H and O–H groups in total. The van der Waals surface area contributed by atoms with Crippen molar-refractivity contribution in [3.63, 3.8) is 0 Å². The molecule has 10 rings (SSSR count). The van der Waals surface area contributed by atoms with Crippen molar-refractivity contribution >= 4 is 44.1 Å². The first-order chi connectivity index (χ1) is 28.0. The molecule has 0 bridgehead atoms. The van der Waals surface area contributed by atoms with Gasteiger partial charge in [-0.05, 0) is 90.3 Å². The summed E-state index contributed by atoms with van der Waals surface area (Å²) in [6.45, 7) is 6.99. The third kappa shape index (κ3) is 6.21. The average Bonchev–Trinajstić information content (AvgIpc) is 3.53. The molecule has 274 valence electrons. The van der Waals surface area contributed by atoms with Crippen molar-refractivity contribution < 1.29 is 0 Å². The van der Waals surface area contributed by atoms with Crippen molar-refractivity contribution in [2.45, 2.75) is 43.9 Å². The SMILES string of the molecule is CCC/C=C1/Sc2ccc(-c3ccc4c5ccccc5c5cccc(-c6nc(-c7ccccc7)nc(-c7cccc(-c8ccccc8)c7)n6)c5c4c3)cc2C1(C)C. The predicted molar refractivity (Wildman–Crippen MR) is 241 cm³/mol. The van der Waals surface area contributed by atoms with Gasteiger partial charge in [0.15, 0.2) is 17.5 Å². The summed E-state index contributed by atoms with van der Waals surface area (Å²) in [5.41, 5.74) is 8.95. The van der Waals surface area contributed by atoms with Crippen LogP contribution in [0.2, 0.25) is 0 Å². The first kappa shape index (κ1) is 35.1. The van der Waals surface area contributed by atoms with Crippen LogP contribution in [0.5, 0.6) is 0 Å². The fourth-order valence-electron chi connectivity index (χ4n) is 8.42. The minimum atomic E-state index is -0.0223. The van der Waals surface area contributed by atoms with Gasteiger partial charge < -0.3 is 0 Å². The number of aromatic nitrogens is 3. The lowest BCUT2D eigenvalue weighted by atomic mass is 9.82. The van der Waals surface area contributed by atoms with E-state index in [2.05, 4.69) is 166 Å². The zero-order valence-electron chi connectivity index (χ0n) is 32.3. The Morgan fingerprint density at radius 3 is 1.81 bits per heavy atom. The number of nitrogens with zero attached hydrogens (tertiary/aromatic N) is 3. The van der Waals surface area contributed by atoms with Crippen molar-refractivity contribution in [1.29, 1.82) is 0 Å². The molecule has 0 saturated carbocycles. The van der Waals surface area contributed by atoms with E-state index >= 15 is 0 Å². The standard InChI is InChI=1S/C53H41N3S/c1-4-5-26-48-53(2,3)46-33-38(28-30-47(46)57-48)37-27-29-42-40-22-12-13-23-41(40)43-24-15-25-44(49(43)45(42)32-37)52-55-50(35-18-10-7-11-19-35)54-51(56-52)39-21-14-20-36(31-39)34-16-8-6-9-17-34/h6-33H,4-5H2,1-3H3/b48-26+. The summed E-state index contributed by atoms with van der Waals surface area (Å²) in [6.07, 6.45) is 4.70. The summed E-state index contributed by atoms with van der Waals surface area (Å²) < 4.78 is 0. The quantitative estimate of drug-likeness (QED) is 0.152. The lowest BCUT2D eigenvalue weighted by Gasteiger charge is -2.21. The molecule has 0 unspecified atom stereocenters. The Balaban J connectivity index is 1.20. The summed E-state index contributed by atoms with van der Waals surface area (Å²) in [6, 6.07) is 58.6. The number of thioether (sulfide) groups is 1. The highest BCUT2D eigenvalue weighted by Gasteiger charge is 2.35. The van der Waals surface area contributed by atoms with Gasteiger partial charge >= 0.3 is 0 Å². The molecule has 1 aliphatic rings. The van der Waals surface area contributed by atoms with Crippen LogP contribution in [0.15, 0.2) is 180 Å². The topological polar surface area (TPSA) is 38.7 Å². The van der Waals surface area contributed by atoms with Crippen LogP contribution in [-0.4, -0.2) is 15.0 Å². The average molecular weight is 752 g/mol. The summed E-state index contributed by atoms with van der Waals surface area (Å²) in [5.74, 6) is 1.94. The molecule has 9 aromatic rings. The van der Waals surface area contributed by atoms with Gasteiger partial charge in [-0.1, -0.05) is 185 Å². The Morgan fingerprint density at radius 2 is 1.04 bits per heavy atom. The Kier molecular flexibility index (Phi) is 8.80. The van der Waals surface area contributed by atoms with Crippen LogP contribution in [0.4, 0.5) is 0 Å². The van der Waals surface area contributed by atoms with E-state index in [1.54, 1.807) is 0 Å². The van der Waals surface area contributed by atoms with E-state index in [4.69, 9.17) is 15.0 Å². The van der Waals surface area contributed by atoms with Gasteiger partial charge in [0, 0.05) is 32.4 Å². The van der Waals surface area contributed by atoms with E-state index < -0.39 is 0 Å². The van der Waals surface area contributed by atoms with Crippen molar-refractivity contribution in [3.8, 4) is 56.4 Å². The van der Waals surface area contributed by atoms with Crippen molar-refractivity contribution in [2.75, 3.05) is 0 Å². The van der Waals surface area contributed by atoms with Crippen LogP contribution in [0.25, 0.3) is 88.7 Å². The largest absolute Gasteiger partial charge is 0.208 e. The van der Waals surface area contributed by atoms with Gasteiger partial charge in [-0.25, -0.2) is 15.0 Å². The molecule has 3 nitrogen and oxygen atoms in total. The lowest BCUT2D eigenvalue weighted by Crippen LogP contribution is -2.14. The van der Waals surface area contributed by atoms with E-state index in [9.17, 15) is 0 Å². The molecule has 0 spiro atoms. The van der Waals surface area contributed by atoms with Gasteiger partial charge in [-0.15, -0.1) is 0 Å². The molecule has 4 heteroatoms. The van der Waals surface area contributed by atoms with Crippen molar-refractivity contribution in [3.05, 3.63) is 180 Å². The zero-order chi connectivity index (χ0) is 38.5. The maximum atomic E-state index is 5.31. The van der Waals surface area contributed by atoms with E-state index in [0.717, 1.165) is 46.0 Å². The molecular weight excluding hydrogens is 711 g/mol. The molecular formula is C53H41N3S. The number of hydrogen-bond donors (Lipinski definition) is 0. The van der Waals surface area contributed by atoms with Gasteiger partial charge in [0.25, 0.3) is 0 Å². The summed E-state index contributed by atoms with van der Waals surface area (Å²) in [4.78, 5) is 18.5. The molecule has 0 fully saturated rings. The summed E-state index contributed by atoms with van der Waals surface area (Å²) >= 11 is 1.93. The minimum Gasteiger partial charge on any atom is -0.208 e. The third-order valence-corrected chi connectivity index (χ3v) is 12.9. The fraction of sp³-hybridized carbons (Fsp3) is 0.113. The van der Waals surface area contributed by atoms with Crippen LogP contribution in [0, 0.1) is 0 Å². The number of fused-ring (bicyclic) bond motifs is 7. The maximum Gasteiger partial charge on any atom is 0.164 e. The second-order valence-electron chi connectivity index (χ2n) is 15.4. The molecule has 2 heterocycles. The number of benzene rings is 8. The second-order valence-corrected chi connectivity index (χ2v) is 16.5. The molecule has 0 atom stereocenters. The van der Waals surface area contributed by atoms with E-state index in [1.165, 1.54) is 53.4 Å². The molecule has 1 aliphatic heterocycles. The van der Waals surface area contributed by atoms with Gasteiger partial charge in [-0.3, -0.25) is 0 Å². The number of unbranched alkanes of at least 4 members (excludes halogenated alkanes) is 1. The predicted octanol–water partition coefficient (Wildman–Crippen LogP) is 14.7. The number of rotatable bonds is 7. The summed E-state index contributed by atoms with van der Waals surface area (Å²) in [5, 5.41) is 7.17. The van der Waals surface area contributed by atoms with Crippen molar-refractivity contribution in [1.82, 2.24) is 15.0 Å². The Hall–Kier alpha value is -6.36. The normalized spacial score (nSPS) is 14.1. The Bertz CT molecular complexity index is 3020. The van der Waals surface area contributed by atoms with E-state index in [0.29, 0.717) is 17.5 Å². The lowest BCUT2D eigenvalue weighted by molar-refractivity contribution is 0.653. The maximum absolute atomic E-state index is 5.31. The number of hydrogen-bond acceptors (Lipinski definition) is 4. The molecule has 0 radical (unpaired) electrons. The molecule has 57 heavy (non-hydrogen) atoms. The minimum absolute atomic E-state index is 0.0223. The van der Waals surface area contributed by atoms with Gasteiger partial charge in [0.1, 0.15) is 0 Å². The second kappa shape index (κ2) is 14.3. The van der Waals surface area contributed by atoms with Crippen LogP contribution in [-0.2, 0) is 5.41 Å². The van der Waals surface area contributed by atoms with Crippen LogP contribution in [0.3, 0.4) is 0 Å².